The van der Waals surface area contributed by atoms with Gasteiger partial charge >= 0.3 is 11.9 Å². The lowest BCUT2D eigenvalue weighted by Crippen LogP contribution is -2.68. The predicted octanol–water partition coefficient (Wildman–Crippen LogP) is 10.4. The summed E-state index contributed by atoms with van der Waals surface area (Å²) in [5.41, 5.74) is -0.126. The Labute approximate surface area is 421 Å². The fourth-order valence-electron chi connectivity index (χ4n) is 21.5. The topological polar surface area (TPSA) is 196 Å². The SMILES string of the molecule is CC1(C)CC[C@]2(C(=O)O)CC[C@]3(C)C(=CC[C@@H]4[C@@]5(C)C[C@@H](O)[C@H](O)[C@@](C)(CO)[C@@H]5CC[C@]43C)[C@@H]2C1.CC1(C)CC[C@]2(C(=O)O)CC[C@]3(C)C(=CC[C@@H]4[C@@]5(C)C[C@@H](O)[C@H](O)[C@@](C)(CO)[C@@H]5CC[C@]43C)[C@@H]2C1. The van der Waals surface area contributed by atoms with Crippen molar-refractivity contribution in [3.8, 4) is 0 Å². The summed E-state index contributed by atoms with van der Waals surface area (Å²) in [7, 11) is 0. The highest BCUT2D eigenvalue weighted by molar-refractivity contribution is 5.77. The molecule has 0 aromatic carbocycles. The van der Waals surface area contributed by atoms with Crippen LogP contribution in [0.2, 0.25) is 0 Å². The van der Waals surface area contributed by atoms with Gasteiger partial charge in [0.05, 0.1) is 48.5 Å². The first-order valence-corrected chi connectivity index (χ1v) is 28.0. The maximum Gasteiger partial charge on any atom is 0.310 e. The van der Waals surface area contributed by atoms with Gasteiger partial charge in [-0.1, -0.05) is 106 Å². The number of aliphatic hydroxyl groups excluding tert-OH is 6. The van der Waals surface area contributed by atoms with Crippen molar-refractivity contribution in [3.63, 3.8) is 0 Å². The number of hydrogen-bond donors (Lipinski definition) is 8. The zero-order chi connectivity index (χ0) is 51.6. The van der Waals surface area contributed by atoms with E-state index in [1.165, 1.54) is 11.1 Å². The molecule has 0 aromatic rings. The normalized spacial score (nSPS) is 55.0. The monoisotopic (exact) mass is 977 g/mol. The summed E-state index contributed by atoms with van der Waals surface area (Å²) in [5.74, 6) is -0.0943. The van der Waals surface area contributed by atoms with Crippen molar-refractivity contribution >= 4 is 11.9 Å². The Morgan fingerprint density at radius 2 is 0.800 bits per heavy atom. The van der Waals surface area contributed by atoms with Gasteiger partial charge in [-0.05, 0) is 194 Å². The first-order chi connectivity index (χ1) is 32.2. The molecule has 0 amide bonds. The quantitative estimate of drug-likeness (QED) is 0.126. The van der Waals surface area contributed by atoms with Crippen molar-refractivity contribution < 1.29 is 50.4 Å². The molecule has 0 saturated heterocycles. The summed E-state index contributed by atoms with van der Waals surface area (Å²) in [6.07, 6.45) is 16.8. The Kier molecular flexibility index (Phi) is 12.4. The molecule has 8 N–H and O–H groups in total. The molecule has 10 heteroatoms. The Morgan fingerprint density at radius 3 is 1.11 bits per heavy atom. The van der Waals surface area contributed by atoms with Crippen LogP contribution in [0, 0.1) is 100 Å². The summed E-state index contributed by atoms with van der Waals surface area (Å²) in [4.78, 5) is 25.5. The second kappa shape index (κ2) is 16.3. The lowest BCUT2D eigenvalue weighted by molar-refractivity contribution is -0.243. The molecule has 10 nitrogen and oxygen atoms in total. The van der Waals surface area contributed by atoms with Gasteiger partial charge in [0.15, 0.2) is 0 Å². The molecule has 70 heavy (non-hydrogen) atoms. The highest BCUT2D eigenvalue weighted by Crippen LogP contribution is 2.78. The first kappa shape index (κ1) is 53.0. The van der Waals surface area contributed by atoms with Gasteiger partial charge in [-0.2, -0.15) is 0 Å². The van der Waals surface area contributed by atoms with E-state index >= 15 is 0 Å². The Morgan fingerprint density at radius 1 is 0.471 bits per heavy atom. The number of carboxylic acids is 2. The standard InChI is InChI=1S/2C30H48O5/c2*1-25(2)11-13-30(24(34)35)14-12-28(5)18(19(30)15-25)7-8-22-26(3)16-20(32)23(33)27(4,17-31)21(26)9-10-29(22,28)6/h2*7,19-23,31-33H,8-17H2,1-6H3,(H,34,35)/t2*19-,20+,21+,22+,23-,26-,27-,28+,29+,30-/m00/s1. The zero-order valence-corrected chi connectivity index (χ0v) is 45.5. The van der Waals surface area contributed by atoms with Gasteiger partial charge in [0.25, 0.3) is 0 Å². The van der Waals surface area contributed by atoms with Gasteiger partial charge in [0.2, 0.25) is 0 Å². The maximum absolute atomic E-state index is 12.8. The van der Waals surface area contributed by atoms with Crippen LogP contribution in [0.4, 0.5) is 0 Å². The van der Waals surface area contributed by atoms with Crippen molar-refractivity contribution in [1.82, 2.24) is 0 Å². The second-order valence-electron chi connectivity index (χ2n) is 30.1. The third-order valence-corrected chi connectivity index (χ3v) is 26.3. The molecule has 8 saturated carbocycles. The Hall–Kier alpha value is -1.82. The number of carbonyl (C=O) groups is 2. The van der Waals surface area contributed by atoms with Crippen LogP contribution in [0.25, 0.3) is 0 Å². The molecule has 0 heterocycles. The van der Waals surface area contributed by atoms with Crippen LogP contribution in [0.1, 0.15) is 199 Å². The van der Waals surface area contributed by atoms with Crippen LogP contribution in [0.5, 0.6) is 0 Å². The lowest BCUT2D eigenvalue weighted by atomic mass is 9.33. The van der Waals surface area contributed by atoms with Gasteiger partial charge < -0.3 is 40.9 Å². The molecule has 10 aliphatic carbocycles. The second-order valence-corrected chi connectivity index (χ2v) is 30.1. The molecular formula is C60H96O10. The van der Waals surface area contributed by atoms with Crippen LogP contribution in [0.3, 0.4) is 0 Å². The number of carboxylic acid groups (broad SMARTS) is 2. The van der Waals surface area contributed by atoms with E-state index in [0.29, 0.717) is 24.7 Å². The number of allylic oxidation sites excluding steroid dienone is 4. The minimum Gasteiger partial charge on any atom is -0.481 e. The van der Waals surface area contributed by atoms with E-state index in [4.69, 9.17) is 0 Å². The minimum absolute atomic E-state index is 0.00698. The largest absolute Gasteiger partial charge is 0.481 e. The molecule has 0 aliphatic heterocycles. The number of aliphatic carboxylic acids is 2. The minimum atomic E-state index is -0.907. The Balaban J connectivity index is 0.000000174. The van der Waals surface area contributed by atoms with E-state index in [2.05, 4.69) is 81.4 Å². The summed E-state index contributed by atoms with van der Waals surface area (Å²) in [6.45, 7) is 27.2. The number of aliphatic hydroxyl groups is 6. The lowest BCUT2D eigenvalue weighted by Gasteiger charge is -2.71. The van der Waals surface area contributed by atoms with Crippen molar-refractivity contribution in [2.45, 2.75) is 223 Å². The fraction of sp³-hybridized carbons (Fsp3) is 0.900. The molecule has 20 atom stereocenters. The number of hydrogen-bond acceptors (Lipinski definition) is 8. The van der Waals surface area contributed by atoms with Crippen LogP contribution in [0.15, 0.2) is 23.3 Å². The average Bonchev–Trinajstić information content (AvgIpc) is 3.27. The van der Waals surface area contributed by atoms with Crippen molar-refractivity contribution in [2.24, 2.45) is 100 Å². The molecule has 0 radical (unpaired) electrons. The summed E-state index contributed by atoms with van der Waals surface area (Å²) >= 11 is 0. The highest BCUT2D eigenvalue weighted by atomic mass is 16.4. The maximum atomic E-state index is 12.8. The van der Waals surface area contributed by atoms with E-state index in [0.717, 1.165) is 103 Å². The molecule has 0 aromatic heterocycles. The van der Waals surface area contributed by atoms with Crippen LogP contribution in [-0.2, 0) is 9.59 Å². The molecule has 10 rings (SSSR count). The van der Waals surface area contributed by atoms with Gasteiger partial charge in [0.1, 0.15) is 0 Å². The van der Waals surface area contributed by atoms with E-state index in [9.17, 15) is 50.4 Å². The van der Waals surface area contributed by atoms with Gasteiger partial charge in [-0.3, -0.25) is 9.59 Å². The fourth-order valence-corrected chi connectivity index (χ4v) is 21.5. The van der Waals surface area contributed by atoms with Crippen LogP contribution >= 0.6 is 0 Å². The Bertz CT molecular complexity index is 2030. The average molecular weight is 977 g/mol. The van der Waals surface area contributed by atoms with E-state index in [-0.39, 0.29) is 80.2 Å². The predicted molar refractivity (Wildman–Crippen MR) is 271 cm³/mol. The molecule has 0 unspecified atom stereocenters. The highest BCUT2D eigenvalue weighted by Gasteiger charge is 2.73. The van der Waals surface area contributed by atoms with Gasteiger partial charge in [-0.25, -0.2) is 0 Å². The van der Waals surface area contributed by atoms with Crippen LogP contribution in [-0.4, -0.2) is 90.4 Å². The molecule has 10 aliphatic rings. The smallest absolute Gasteiger partial charge is 0.310 e. The van der Waals surface area contributed by atoms with Crippen LogP contribution < -0.4 is 0 Å². The zero-order valence-electron chi connectivity index (χ0n) is 45.5. The van der Waals surface area contributed by atoms with Gasteiger partial charge in [-0.15, -0.1) is 0 Å². The summed E-state index contributed by atoms with van der Waals surface area (Å²) in [6, 6.07) is 0. The number of rotatable bonds is 4. The molecule has 396 valence electrons. The summed E-state index contributed by atoms with van der Waals surface area (Å²) < 4.78 is 0. The molecule has 0 spiro atoms. The third-order valence-electron chi connectivity index (χ3n) is 26.3. The molecule has 0 bridgehead atoms. The number of fused-ring (bicyclic) bond motifs is 14. The van der Waals surface area contributed by atoms with E-state index in [1.54, 1.807) is 0 Å². The first-order valence-electron chi connectivity index (χ1n) is 28.0. The summed E-state index contributed by atoms with van der Waals surface area (Å²) in [5, 5.41) is 85.6. The van der Waals surface area contributed by atoms with E-state index in [1.807, 2.05) is 13.8 Å². The third kappa shape index (κ3) is 6.74. The van der Waals surface area contributed by atoms with Crippen molar-refractivity contribution in [2.75, 3.05) is 13.2 Å². The van der Waals surface area contributed by atoms with Gasteiger partial charge in [0, 0.05) is 10.8 Å². The van der Waals surface area contributed by atoms with Crippen molar-refractivity contribution in [1.29, 1.82) is 0 Å². The van der Waals surface area contributed by atoms with Crippen molar-refractivity contribution in [3.05, 3.63) is 23.3 Å². The van der Waals surface area contributed by atoms with E-state index < -0.39 is 58.0 Å². The molecule has 8 fully saturated rings. The molecular weight excluding hydrogens is 881 g/mol.